The lowest BCUT2D eigenvalue weighted by Crippen LogP contribution is -2.30. The predicted molar refractivity (Wildman–Crippen MR) is 105 cm³/mol. The van der Waals surface area contributed by atoms with Gasteiger partial charge in [0.05, 0.1) is 34.6 Å². The molecule has 0 bridgehead atoms. The highest BCUT2D eigenvalue weighted by Crippen LogP contribution is 2.34. The molecule has 0 radical (unpaired) electrons. The fourth-order valence-corrected chi connectivity index (χ4v) is 3.37. The number of aromatic amines is 1. The number of aromatic nitrogens is 4. The summed E-state index contributed by atoms with van der Waals surface area (Å²) in [5.41, 5.74) is 1.47. The largest absolute Gasteiger partial charge is 0.416 e. The molecule has 0 saturated heterocycles. The van der Waals surface area contributed by atoms with Gasteiger partial charge in [-0.3, -0.25) is 9.89 Å². The van der Waals surface area contributed by atoms with Crippen LogP contribution in [0.15, 0.2) is 60.9 Å². The van der Waals surface area contributed by atoms with E-state index in [2.05, 4.69) is 15.3 Å². The summed E-state index contributed by atoms with van der Waals surface area (Å²) in [6, 6.07) is 11.8. The van der Waals surface area contributed by atoms with E-state index in [4.69, 9.17) is 0 Å². The molecule has 6 nitrogen and oxygen atoms in total. The summed E-state index contributed by atoms with van der Waals surface area (Å²) in [5.74, 6) is -0.301. The Labute approximate surface area is 169 Å². The van der Waals surface area contributed by atoms with Crippen LogP contribution in [0, 0.1) is 0 Å². The van der Waals surface area contributed by atoms with E-state index in [-0.39, 0.29) is 17.0 Å². The molecule has 9 heteroatoms. The number of halogens is 3. The third kappa shape index (κ3) is 3.66. The van der Waals surface area contributed by atoms with E-state index in [1.165, 1.54) is 16.8 Å². The molecule has 154 valence electrons. The van der Waals surface area contributed by atoms with Crippen molar-refractivity contribution in [2.45, 2.75) is 19.6 Å². The van der Waals surface area contributed by atoms with Crippen LogP contribution in [-0.2, 0) is 12.7 Å². The van der Waals surface area contributed by atoms with Crippen LogP contribution in [0.3, 0.4) is 0 Å². The van der Waals surface area contributed by atoms with Gasteiger partial charge in [0.2, 0.25) is 0 Å². The Bertz CT molecular complexity index is 1180. The molecule has 4 aromatic rings. The lowest BCUT2D eigenvalue weighted by molar-refractivity contribution is -0.137. The van der Waals surface area contributed by atoms with E-state index in [0.29, 0.717) is 24.3 Å². The van der Waals surface area contributed by atoms with Gasteiger partial charge in [0.1, 0.15) is 0 Å². The summed E-state index contributed by atoms with van der Waals surface area (Å²) in [5, 5.41) is 11.0. The number of fused-ring (bicyclic) bond motifs is 1. The number of H-pyrrole nitrogens is 1. The van der Waals surface area contributed by atoms with Gasteiger partial charge in [0.25, 0.3) is 5.91 Å². The number of nitrogens with one attached hydrogen (secondary N) is 1. The average molecular weight is 413 g/mol. The second-order valence-corrected chi connectivity index (χ2v) is 6.75. The zero-order chi connectivity index (χ0) is 21.3. The van der Waals surface area contributed by atoms with Gasteiger partial charge >= 0.3 is 6.18 Å². The van der Waals surface area contributed by atoms with Gasteiger partial charge in [0.15, 0.2) is 0 Å². The fourth-order valence-electron chi connectivity index (χ4n) is 3.37. The predicted octanol–water partition coefficient (Wildman–Crippen LogP) is 4.41. The Morgan fingerprint density at radius 1 is 1.13 bits per heavy atom. The normalized spacial score (nSPS) is 11.7. The van der Waals surface area contributed by atoms with Crippen molar-refractivity contribution in [2.24, 2.45) is 0 Å². The highest BCUT2D eigenvalue weighted by Gasteiger charge is 2.31. The van der Waals surface area contributed by atoms with Gasteiger partial charge in [-0.2, -0.15) is 23.4 Å². The first-order chi connectivity index (χ1) is 14.4. The molecule has 0 unspecified atom stereocenters. The quantitative estimate of drug-likeness (QED) is 0.527. The molecule has 1 aromatic carbocycles. The molecule has 1 N–H and O–H groups in total. The molecular formula is C21H18F3N5O. The number of hydrogen-bond donors (Lipinski definition) is 1. The van der Waals surface area contributed by atoms with Crippen LogP contribution in [0.2, 0.25) is 0 Å². The number of rotatable bonds is 5. The maximum absolute atomic E-state index is 13.4. The molecule has 1 amide bonds. The van der Waals surface area contributed by atoms with Crippen molar-refractivity contribution in [3.63, 3.8) is 0 Å². The van der Waals surface area contributed by atoms with Crippen LogP contribution in [0.1, 0.15) is 28.5 Å². The van der Waals surface area contributed by atoms with Crippen LogP contribution in [0.4, 0.5) is 13.2 Å². The minimum atomic E-state index is -4.49. The maximum atomic E-state index is 13.4. The highest BCUT2D eigenvalue weighted by atomic mass is 19.4. The number of benzene rings is 1. The monoisotopic (exact) mass is 413 g/mol. The van der Waals surface area contributed by atoms with Crippen LogP contribution >= 0.6 is 0 Å². The Kier molecular flexibility index (Phi) is 5.03. The third-order valence-corrected chi connectivity index (χ3v) is 4.82. The van der Waals surface area contributed by atoms with Gasteiger partial charge in [-0.25, -0.2) is 4.52 Å². The molecular weight excluding hydrogens is 395 g/mol. The number of amides is 1. The van der Waals surface area contributed by atoms with Crippen molar-refractivity contribution < 1.29 is 18.0 Å². The van der Waals surface area contributed by atoms with E-state index in [1.807, 2.05) is 6.92 Å². The zero-order valence-electron chi connectivity index (χ0n) is 16.0. The maximum Gasteiger partial charge on any atom is 0.416 e. The zero-order valence-corrected chi connectivity index (χ0v) is 16.0. The molecule has 0 spiro atoms. The number of alkyl halides is 3. The van der Waals surface area contributed by atoms with Crippen molar-refractivity contribution in [2.75, 3.05) is 6.54 Å². The molecule has 0 aliphatic heterocycles. The third-order valence-electron chi connectivity index (χ3n) is 4.82. The van der Waals surface area contributed by atoms with E-state index in [9.17, 15) is 18.0 Å². The summed E-state index contributed by atoms with van der Waals surface area (Å²) in [6.07, 6.45) is -1.37. The minimum absolute atomic E-state index is 0.268. The standard InChI is InChI=1S/C21H18F3N5O/c1-2-28(13-16-8-10-25-27-16)20(30)18-12-17-7-4-9-26-29(17)19(18)14-5-3-6-15(11-14)21(22,23)24/h3-12H,2,13H2,1H3,(H,25,27). The van der Waals surface area contributed by atoms with Gasteiger partial charge in [0, 0.05) is 24.5 Å². The fraction of sp³-hybridized carbons (Fsp3) is 0.190. The van der Waals surface area contributed by atoms with Crippen molar-refractivity contribution >= 4 is 11.4 Å². The van der Waals surface area contributed by atoms with Gasteiger partial charge in [-0.1, -0.05) is 12.1 Å². The summed E-state index contributed by atoms with van der Waals surface area (Å²) in [7, 11) is 0. The van der Waals surface area contributed by atoms with Crippen LogP contribution in [0.5, 0.6) is 0 Å². The van der Waals surface area contributed by atoms with Crippen molar-refractivity contribution in [1.29, 1.82) is 0 Å². The molecule has 0 saturated carbocycles. The highest BCUT2D eigenvalue weighted by molar-refractivity contribution is 6.02. The summed E-state index contributed by atoms with van der Waals surface area (Å²) in [4.78, 5) is 15.0. The average Bonchev–Trinajstić information content (AvgIpc) is 3.38. The van der Waals surface area contributed by atoms with E-state index in [1.54, 1.807) is 41.4 Å². The van der Waals surface area contributed by atoms with Crippen molar-refractivity contribution in [3.8, 4) is 11.3 Å². The van der Waals surface area contributed by atoms with Gasteiger partial charge in [-0.05, 0) is 43.3 Å². The summed E-state index contributed by atoms with van der Waals surface area (Å²) >= 11 is 0. The lowest BCUT2D eigenvalue weighted by atomic mass is 10.0. The molecule has 3 aromatic heterocycles. The van der Waals surface area contributed by atoms with Gasteiger partial charge in [-0.15, -0.1) is 0 Å². The van der Waals surface area contributed by atoms with Crippen molar-refractivity contribution in [1.82, 2.24) is 24.7 Å². The van der Waals surface area contributed by atoms with Crippen molar-refractivity contribution in [3.05, 3.63) is 77.7 Å². The molecule has 0 fully saturated rings. The van der Waals surface area contributed by atoms with E-state index < -0.39 is 11.7 Å². The van der Waals surface area contributed by atoms with Crippen LogP contribution < -0.4 is 0 Å². The Morgan fingerprint density at radius 3 is 2.67 bits per heavy atom. The molecule has 0 atom stereocenters. The molecule has 3 heterocycles. The van der Waals surface area contributed by atoms with Crippen LogP contribution in [0.25, 0.3) is 16.8 Å². The SMILES string of the molecule is CCN(Cc1ccn[nH]1)C(=O)c1cc2cccnn2c1-c1cccc(C(F)(F)F)c1. The summed E-state index contributed by atoms with van der Waals surface area (Å²) in [6.45, 7) is 2.56. The first kappa shape index (κ1) is 19.7. The lowest BCUT2D eigenvalue weighted by Gasteiger charge is -2.20. The first-order valence-electron chi connectivity index (χ1n) is 9.30. The number of hydrogen-bond acceptors (Lipinski definition) is 3. The number of nitrogens with zero attached hydrogens (tertiary/aromatic N) is 4. The molecule has 4 rings (SSSR count). The Hall–Kier alpha value is -3.62. The Balaban J connectivity index is 1.84. The van der Waals surface area contributed by atoms with E-state index >= 15 is 0 Å². The van der Waals surface area contributed by atoms with Crippen LogP contribution in [-0.4, -0.2) is 37.2 Å². The van der Waals surface area contributed by atoms with Gasteiger partial charge < -0.3 is 4.90 Å². The van der Waals surface area contributed by atoms with E-state index in [0.717, 1.165) is 17.8 Å². The minimum Gasteiger partial charge on any atom is -0.333 e. The topological polar surface area (TPSA) is 66.3 Å². The second-order valence-electron chi connectivity index (χ2n) is 6.75. The number of carbonyl (C=O) groups is 1. The summed E-state index contributed by atoms with van der Waals surface area (Å²) < 4.78 is 41.3. The molecule has 30 heavy (non-hydrogen) atoms. The smallest absolute Gasteiger partial charge is 0.333 e. The first-order valence-corrected chi connectivity index (χ1v) is 9.30. The second kappa shape index (κ2) is 7.66. The Morgan fingerprint density at radius 2 is 1.97 bits per heavy atom. The molecule has 0 aliphatic rings. The molecule has 0 aliphatic carbocycles. The number of carbonyl (C=O) groups excluding carboxylic acids is 1.